The van der Waals surface area contributed by atoms with E-state index < -0.39 is 6.10 Å². The van der Waals surface area contributed by atoms with Crippen LogP contribution in [0.25, 0.3) is 10.1 Å². The highest BCUT2D eigenvalue weighted by Gasteiger charge is 2.12. The lowest BCUT2D eigenvalue weighted by Crippen LogP contribution is -2.00. The fraction of sp³-hybridized carbons (Fsp3) is 0.222. The van der Waals surface area contributed by atoms with Gasteiger partial charge in [0.25, 0.3) is 0 Å². The van der Waals surface area contributed by atoms with Crippen molar-refractivity contribution in [1.29, 1.82) is 0 Å². The maximum atomic E-state index is 10.5. The Labute approximate surface area is 123 Å². The van der Waals surface area contributed by atoms with Crippen LogP contribution in [0.2, 0.25) is 0 Å². The number of aryl methyl sites for hydroxylation is 2. The van der Waals surface area contributed by atoms with Gasteiger partial charge in [0, 0.05) is 4.70 Å². The maximum Gasteiger partial charge on any atom is 0.0807 e. The summed E-state index contributed by atoms with van der Waals surface area (Å²) >= 11 is 1.71. The fourth-order valence-corrected chi connectivity index (χ4v) is 3.57. The Morgan fingerprint density at radius 1 is 1.10 bits per heavy atom. The van der Waals surface area contributed by atoms with Crippen molar-refractivity contribution in [3.63, 3.8) is 0 Å². The Bertz CT molecular complexity index is 714. The van der Waals surface area contributed by atoms with Gasteiger partial charge in [-0.2, -0.15) is 0 Å². The second-order valence-corrected chi connectivity index (χ2v) is 6.15. The van der Waals surface area contributed by atoms with Crippen molar-refractivity contribution >= 4 is 21.4 Å². The van der Waals surface area contributed by atoms with Crippen LogP contribution in [0.4, 0.5) is 0 Å². The molecule has 3 aromatic rings. The maximum absolute atomic E-state index is 10.5. The van der Waals surface area contributed by atoms with Crippen molar-refractivity contribution in [2.24, 2.45) is 0 Å². The predicted molar refractivity (Wildman–Crippen MR) is 86.3 cm³/mol. The molecule has 2 aromatic carbocycles. The van der Waals surface area contributed by atoms with Crippen molar-refractivity contribution in [1.82, 2.24) is 0 Å². The Kier molecular flexibility index (Phi) is 3.86. The fourth-order valence-electron chi connectivity index (χ4n) is 2.61. The van der Waals surface area contributed by atoms with Crippen LogP contribution in [-0.2, 0) is 6.42 Å². The van der Waals surface area contributed by atoms with Gasteiger partial charge in [0.2, 0.25) is 0 Å². The van der Waals surface area contributed by atoms with Crippen LogP contribution < -0.4 is 0 Å². The van der Waals surface area contributed by atoms with Crippen molar-refractivity contribution < 1.29 is 5.11 Å². The number of fused-ring (bicyclic) bond motifs is 1. The first-order valence-corrected chi connectivity index (χ1v) is 7.82. The SMILES string of the molecule is Cc1cccc(CCC(O)c2cccc3ccsc23)c1. The van der Waals surface area contributed by atoms with Gasteiger partial charge in [0.1, 0.15) is 0 Å². The second kappa shape index (κ2) is 5.78. The topological polar surface area (TPSA) is 20.2 Å². The molecule has 0 aliphatic heterocycles. The number of aliphatic hydroxyl groups excluding tert-OH is 1. The smallest absolute Gasteiger partial charge is 0.0807 e. The molecule has 0 radical (unpaired) electrons. The predicted octanol–water partition coefficient (Wildman–Crippen LogP) is 4.88. The number of thiophene rings is 1. The number of hydrogen-bond donors (Lipinski definition) is 1. The van der Waals surface area contributed by atoms with Crippen molar-refractivity contribution in [3.8, 4) is 0 Å². The largest absolute Gasteiger partial charge is 0.388 e. The molecule has 20 heavy (non-hydrogen) atoms. The molecule has 0 aliphatic carbocycles. The summed E-state index contributed by atoms with van der Waals surface area (Å²) in [5.74, 6) is 0. The summed E-state index contributed by atoms with van der Waals surface area (Å²) in [6, 6.07) is 16.8. The van der Waals surface area contributed by atoms with Gasteiger partial charge in [-0.25, -0.2) is 0 Å². The van der Waals surface area contributed by atoms with Gasteiger partial charge >= 0.3 is 0 Å². The van der Waals surface area contributed by atoms with E-state index in [1.807, 2.05) is 12.1 Å². The molecular weight excluding hydrogens is 264 g/mol. The number of hydrogen-bond acceptors (Lipinski definition) is 2. The molecule has 1 N–H and O–H groups in total. The summed E-state index contributed by atoms with van der Waals surface area (Å²) in [6.45, 7) is 2.10. The van der Waals surface area contributed by atoms with Gasteiger partial charge in [-0.3, -0.25) is 0 Å². The van der Waals surface area contributed by atoms with Crippen LogP contribution >= 0.6 is 11.3 Å². The minimum Gasteiger partial charge on any atom is -0.388 e. The molecule has 2 heteroatoms. The summed E-state index contributed by atoms with van der Waals surface area (Å²) in [7, 11) is 0. The van der Waals surface area contributed by atoms with Gasteiger partial charge < -0.3 is 5.11 Å². The Morgan fingerprint density at radius 2 is 1.95 bits per heavy atom. The van der Waals surface area contributed by atoms with Crippen LogP contribution in [0, 0.1) is 6.92 Å². The normalized spacial score (nSPS) is 12.7. The van der Waals surface area contributed by atoms with Gasteiger partial charge in [-0.15, -0.1) is 11.3 Å². The van der Waals surface area contributed by atoms with E-state index in [-0.39, 0.29) is 0 Å². The minimum absolute atomic E-state index is 0.391. The first-order chi connectivity index (χ1) is 9.74. The monoisotopic (exact) mass is 282 g/mol. The third-order valence-corrected chi connectivity index (χ3v) is 4.64. The van der Waals surface area contributed by atoms with Crippen LogP contribution in [0.15, 0.2) is 53.9 Å². The van der Waals surface area contributed by atoms with Crippen LogP contribution in [0.1, 0.15) is 29.2 Å². The molecule has 1 heterocycles. The molecule has 0 spiro atoms. The summed E-state index contributed by atoms with van der Waals surface area (Å²) in [6.07, 6.45) is 1.28. The molecule has 1 atom stereocenters. The lowest BCUT2D eigenvalue weighted by atomic mass is 10.00. The van der Waals surface area contributed by atoms with E-state index in [1.54, 1.807) is 11.3 Å². The standard InChI is InChI=1S/C18H18OS/c1-13-4-2-5-14(12-13)8-9-17(19)16-7-3-6-15-10-11-20-18(15)16/h2-7,10-12,17,19H,8-9H2,1H3. The molecule has 0 saturated heterocycles. The Morgan fingerprint density at radius 3 is 2.80 bits per heavy atom. The lowest BCUT2D eigenvalue weighted by Gasteiger charge is -2.12. The zero-order chi connectivity index (χ0) is 13.9. The van der Waals surface area contributed by atoms with E-state index in [0.29, 0.717) is 0 Å². The van der Waals surface area contributed by atoms with E-state index in [4.69, 9.17) is 0 Å². The van der Waals surface area contributed by atoms with Gasteiger partial charge in [-0.05, 0) is 47.7 Å². The van der Waals surface area contributed by atoms with Crippen molar-refractivity contribution in [3.05, 3.63) is 70.6 Å². The molecule has 0 amide bonds. The highest BCUT2D eigenvalue weighted by molar-refractivity contribution is 7.17. The van der Waals surface area contributed by atoms with Crippen LogP contribution in [0.5, 0.6) is 0 Å². The molecule has 1 unspecified atom stereocenters. The number of rotatable bonds is 4. The molecule has 1 nitrogen and oxygen atoms in total. The molecule has 0 bridgehead atoms. The van der Waals surface area contributed by atoms with E-state index in [2.05, 4.69) is 48.7 Å². The molecule has 0 aliphatic rings. The van der Waals surface area contributed by atoms with Crippen molar-refractivity contribution in [2.45, 2.75) is 25.9 Å². The van der Waals surface area contributed by atoms with Gasteiger partial charge in [-0.1, -0.05) is 48.0 Å². The summed E-state index contributed by atoms with van der Waals surface area (Å²) in [4.78, 5) is 0. The van der Waals surface area contributed by atoms with Crippen molar-refractivity contribution in [2.75, 3.05) is 0 Å². The summed E-state index contributed by atoms with van der Waals surface area (Å²) < 4.78 is 1.21. The number of aliphatic hydroxyl groups is 1. The lowest BCUT2D eigenvalue weighted by molar-refractivity contribution is 0.169. The molecule has 0 fully saturated rings. The number of benzene rings is 2. The molecule has 102 valence electrons. The summed E-state index contributed by atoms with van der Waals surface area (Å²) in [5.41, 5.74) is 3.63. The van der Waals surface area contributed by atoms with E-state index in [9.17, 15) is 5.11 Å². The third kappa shape index (κ3) is 2.77. The Hall–Kier alpha value is -1.64. The zero-order valence-corrected chi connectivity index (χ0v) is 12.4. The second-order valence-electron chi connectivity index (χ2n) is 5.23. The van der Waals surface area contributed by atoms with E-state index in [0.717, 1.165) is 18.4 Å². The van der Waals surface area contributed by atoms with Gasteiger partial charge in [0.15, 0.2) is 0 Å². The minimum atomic E-state index is -0.391. The third-order valence-electron chi connectivity index (χ3n) is 3.66. The molecule has 0 saturated carbocycles. The highest BCUT2D eigenvalue weighted by Crippen LogP contribution is 2.31. The first-order valence-electron chi connectivity index (χ1n) is 6.94. The Balaban J connectivity index is 1.76. The molecular formula is C18H18OS. The quantitative estimate of drug-likeness (QED) is 0.723. The molecule has 1 aromatic heterocycles. The van der Waals surface area contributed by atoms with Gasteiger partial charge in [0.05, 0.1) is 6.10 Å². The molecule has 3 rings (SSSR count). The van der Waals surface area contributed by atoms with Crippen LogP contribution in [0.3, 0.4) is 0 Å². The van der Waals surface area contributed by atoms with E-state index >= 15 is 0 Å². The zero-order valence-electron chi connectivity index (χ0n) is 11.5. The average Bonchev–Trinajstić information content (AvgIpc) is 2.93. The van der Waals surface area contributed by atoms with E-state index in [1.165, 1.54) is 21.2 Å². The summed E-state index contributed by atoms with van der Waals surface area (Å²) in [5, 5.41) is 13.8. The average molecular weight is 282 g/mol. The first kappa shape index (κ1) is 13.3. The van der Waals surface area contributed by atoms with Crippen LogP contribution in [-0.4, -0.2) is 5.11 Å². The highest BCUT2D eigenvalue weighted by atomic mass is 32.1.